The maximum absolute atomic E-state index is 6.10. The topological polar surface area (TPSA) is 15.3 Å². The summed E-state index contributed by atoms with van der Waals surface area (Å²) in [6.45, 7) is 7.63. The number of rotatable bonds is 2. The molecule has 4 heteroatoms. The zero-order valence-electron chi connectivity index (χ0n) is 10.2. The van der Waals surface area contributed by atoms with Crippen LogP contribution in [0.5, 0.6) is 0 Å². The van der Waals surface area contributed by atoms with Crippen LogP contribution < -0.4 is 10.2 Å². The summed E-state index contributed by atoms with van der Waals surface area (Å²) in [7, 11) is 0. The Bertz CT molecular complexity index is 395. The third kappa shape index (κ3) is 2.95. The Morgan fingerprint density at radius 1 is 1.47 bits per heavy atom. The van der Waals surface area contributed by atoms with E-state index in [1.807, 2.05) is 18.2 Å². The summed E-state index contributed by atoms with van der Waals surface area (Å²) in [6.07, 6.45) is 0. The molecule has 1 fully saturated rings. The van der Waals surface area contributed by atoms with Crippen molar-refractivity contribution in [1.82, 2.24) is 5.32 Å². The molecule has 1 aromatic rings. The van der Waals surface area contributed by atoms with E-state index in [1.54, 1.807) is 0 Å². The molecule has 1 saturated heterocycles. The summed E-state index contributed by atoms with van der Waals surface area (Å²) in [4.78, 5) is 2.46. The lowest BCUT2D eigenvalue weighted by atomic mass is 10.00. The minimum Gasteiger partial charge on any atom is -0.365 e. The van der Waals surface area contributed by atoms with Crippen LogP contribution in [-0.4, -0.2) is 25.7 Å². The van der Waals surface area contributed by atoms with Crippen LogP contribution in [0.4, 0.5) is 5.69 Å². The molecule has 1 heterocycles. The van der Waals surface area contributed by atoms with Crippen molar-refractivity contribution < 1.29 is 0 Å². The molecule has 1 N–H and O–H groups in total. The summed E-state index contributed by atoms with van der Waals surface area (Å²) in [5, 5.41) is 4.26. The molecular formula is C13H18BrClN2. The molecular weight excluding hydrogens is 300 g/mol. The average molecular weight is 318 g/mol. The minimum absolute atomic E-state index is 0.526. The summed E-state index contributed by atoms with van der Waals surface area (Å²) < 4.78 is 1.12. The third-order valence-corrected chi connectivity index (χ3v) is 4.18. The van der Waals surface area contributed by atoms with Gasteiger partial charge in [0.05, 0.1) is 5.69 Å². The molecule has 17 heavy (non-hydrogen) atoms. The number of anilines is 1. The minimum atomic E-state index is 0.526. The fourth-order valence-electron chi connectivity index (χ4n) is 2.33. The van der Waals surface area contributed by atoms with Gasteiger partial charge < -0.3 is 10.2 Å². The van der Waals surface area contributed by atoms with Crippen LogP contribution in [-0.2, 0) is 0 Å². The van der Waals surface area contributed by atoms with Crippen LogP contribution in [0.3, 0.4) is 0 Å². The SMILES string of the molecule is CC(C)C1CNCCN1c1cc(Cl)ccc1Br. The fraction of sp³-hybridized carbons (Fsp3) is 0.538. The van der Waals surface area contributed by atoms with Crippen molar-refractivity contribution >= 4 is 33.2 Å². The predicted molar refractivity (Wildman–Crippen MR) is 78.0 cm³/mol. The normalized spacial score (nSPS) is 21.0. The molecule has 1 unspecified atom stereocenters. The molecule has 0 aromatic heterocycles. The summed E-state index contributed by atoms with van der Waals surface area (Å²) in [6, 6.07) is 6.52. The van der Waals surface area contributed by atoms with Crippen molar-refractivity contribution in [3.05, 3.63) is 27.7 Å². The number of nitrogens with zero attached hydrogens (tertiary/aromatic N) is 1. The standard InChI is InChI=1S/C13H18BrClN2/c1-9(2)13-8-16-5-6-17(13)12-7-10(15)3-4-11(12)14/h3-4,7,9,13,16H,5-6,8H2,1-2H3. The molecule has 2 nitrogen and oxygen atoms in total. The summed E-state index contributed by atoms with van der Waals surface area (Å²) in [5.74, 6) is 0.619. The largest absolute Gasteiger partial charge is 0.365 e. The van der Waals surface area contributed by atoms with Crippen LogP contribution in [0.1, 0.15) is 13.8 Å². The number of hydrogen-bond donors (Lipinski definition) is 1. The van der Waals surface area contributed by atoms with Gasteiger partial charge in [-0.2, -0.15) is 0 Å². The van der Waals surface area contributed by atoms with Gasteiger partial charge in [0.1, 0.15) is 0 Å². The highest BCUT2D eigenvalue weighted by Crippen LogP contribution is 2.32. The van der Waals surface area contributed by atoms with E-state index in [-0.39, 0.29) is 0 Å². The van der Waals surface area contributed by atoms with Crippen LogP contribution in [0.15, 0.2) is 22.7 Å². The third-order valence-electron chi connectivity index (χ3n) is 3.27. The molecule has 0 bridgehead atoms. The average Bonchev–Trinajstić information content (AvgIpc) is 2.32. The van der Waals surface area contributed by atoms with Gasteiger partial charge in [0.15, 0.2) is 0 Å². The molecule has 1 aromatic carbocycles. The highest BCUT2D eigenvalue weighted by Gasteiger charge is 2.26. The van der Waals surface area contributed by atoms with Gasteiger partial charge in [-0.05, 0) is 40.0 Å². The predicted octanol–water partition coefficient (Wildman–Crippen LogP) is 3.54. The lowest BCUT2D eigenvalue weighted by Gasteiger charge is -2.40. The first-order valence-corrected chi connectivity index (χ1v) is 7.19. The second-order valence-corrected chi connectivity index (χ2v) is 6.10. The van der Waals surface area contributed by atoms with Crippen LogP contribution in [0.2, 0.25) is 5.02 Å². The zero-order valence-corrected chi connectivity index (χ0v) is 12.6. The molecule has 1 aliphatic heterocycles. The van der Waals surface area contributed by atoms with Gasteiger partial charge in [-0.1, -0.05) is 25.4 Å². The quantitative estimate of drug-likeness (QED) is 0.897. The van der Waals surface area contributed by atoms with Crippen molar-refractivity contribution in [3.63, 3.8) is 0 Å². The van der Waals surface area contributed by atoms with E-state index >= 15 is 0 Å². The van der Waals surface area contributed by atoms with Gasteiger partial charge in [-0.25, -0.2) is 0 Å². The molecule has 1 aliphatic rings. The smallest absolute Gasteiger partial charge is 0.0529 e. The van der Waals surface area contributed by atoms with E-state index in [1.165, 1.54) is 5.69 Å². The van der Waals surface area contributed by atoms with E-state index in [2.05, 4.69) is 40.0 Å². The van der Waals surface area contributed by atoms with Gasteiger partial charge in [-0.3, -0.25) is 0 Å². The first-order valence-electron chi connectivity index (χ1n) is 6.02. The Morgan fingerprint density at radius 2 is 2.24 bits per heavy atom. The van der Waals surface area contributed by atoms with Crippen LogP contribution >= 0.6 is 27.5 Å². The Kier molecular flexibility index (Phi) is 4.34. The zero-order chi connectivity index (χ0) is 12.4. The fourth-order valence-corrected chi connectivity index (χ4v) is 2.97. The Labute approximate surface area is 116 Å². The summed E-state index contributed by atoms with van der Waals surface area (Å²) >= 11 is 9.72. The highest BCUT2D eigenvalue weighted by molar-refractivity contribution is 9.10. The van der Waals surface area contributed by atoms with E-state index < -0.39 is 0 Å². The van der Waals surface area contributed by atoms with Gasteiger partial charge in [0.2, 0.25) is 0 Å². The van der Waals surface area contributed by atoms with Gasteiger partial charge >= 0.3 is 0 Å². The van der Waals surface area contributed by atoms with E-state index in [0.29, 0.717) is 12.0 Å². The van der Waals surface area contributed by atoms with Crippen LogP contribution in [0, 0.1) is 5.92 Å². The second-order valence-electron chi connectivity index (χ2n) is 4.80. The maximum Gasteiger partial charge on any atom is 0.0529 e. The van der Waals surface area contributed by atoms with Crippen molar-refractivity contribution in [1.29, 1.82) is 0 Å². The van der Waals surface area contributed by atoms with Crippen molar-refractivity contribution in [2.45, 2.75) is 19.9 Å². The lowest BCUT2D eigenvalue weighted by molar-refractivity contribution is 0.390. The number of hydrogen-bond acceptors (Lipinski definition) is 2. The van der Waals surface area contributed by atoms with Crippen molar-refractivity contribution in [2.75, 3.05) is 24.5 Å². The molecule has 1 atom stereocenters. The van der Waals surface area contributed by atoms with Gasteiger partial charge in [0.25, 0.3) is 0 Å². The maximum atomic E-state index is 6.10. The molecule has 0 saturated carbocycles. The molecule has 0 radical (unpaired) electrons. The van der Waals surface area contributed by atoms with E-state index in [0.717, 1.165) is 29.1 Å². The van der Waals surface area contributed by atoms with Gasteiger partial charge in [0, 0.05) is 35.2 Å². The molecule has 0 spiro atoms. The molecule has 94 valence electrons. The Balaban J connectivity index is 2.32. The number of benzene rings is 1. The van der Waals surface area contributed by atoms with Crippen LogP contribution in [0.25, 0.3) is 0 Å². The van der Waals surface area contributed by atoms with E-state index in [4.69, 9.17) is 11.6 Å². The van der Waals surface area contributed by atoms with Crippen molar-refractivity contribution in [2.24, 2.45) is 5.92 Å². The lowest BCUT2D eigenvalue weighted by Crippen LogP contribution is -2.53. The first-order chi connectivity index (χ1) is 8.09. The number of piperazine rings is 1. The number of nitrogens with one attached hydrogen (secondary N) is 1. The van der Waals surface area contributed by atoms with E-state index in [9.17, 15) is 0 Å². The summed E-state index contributed by atoms with van der Waals surface area (Å²) in [5.41, 5.74) is 1.21. The number of halogens is 2. The monoisotopic (exact) mass is 316 g/mol. The highest BCUT2D eigenvalue weighted by atomic mass is 79.9. The first kappa shape index (κ1) is 13.2. The Morgan fingerprint density at radius 3 is 2.94 bits per heavy atom. The molecule has 2 rings (SSSR count). The van der Waals surface area contributed by atoms with Gasteiger partial charge in [-0.15, -0.1) is 0 Å². The molecule has 0 amide bonds. The van der Waals surface area contributed by atoms with Crippen molar-refractivity contribution in [3.8, 4) is 0 Å². The second kappa shape index (κ2) is 5.59. The Hall–Kier alpha value is -0.250. The molecule has 0 aliphatic carbocycles.